The van der Waals surface area contributed by atoms with E-state index >= 15 is 0 Å². The minimum Gasteiger partial charge on any atom is -0.295 e. The molecule has 90 valence electrons. The molecule has 3 nitrogen and oxygen atoms in total. The lowest BCUT2D eigenvalue weighted by Crippen LogP contribution is -2.38. The predicted molar refractivity (Wildman–Crippen MR) is 68.0 cm³/mol. The van der Waals surface area contributed by atoms with Crippen molar-refractivity contribution in [2.24, 2.45) is 5.92 Å². The third kappa shape index (κ3) is 1.37. The number of rotatable bonds is 1. The molecule has 4 heteroatoms. The topological polar surface area (TPSA) is 46.2 Å². The van der Waals surface area contributed by atoms with Gasteiger partial charge in [-0.2, -0.15) is 0 Å². The molecule has 2 atom stereocenters. The van der Waals surface area contributed by atoms with Crippen LogP contribution in [0.5, 0.6) is 0 Å². The van der Waals surface area contributed by atoms with E-state index in [1.165, 1.54) is 0 Å². The summed E-state index contributed by atoms with van der Waals surface area (Å²) in [5.41, 5.74) is -0.142. The summed E-state index contributed by atoms with van der Waals surface area (Å²) in [6.07, 6.45) is 7.12. The Morgan fingerprint density at radius 1 is 1.11 bits per heavy atom. The number of hydrogen-bond donors (Lipinski definition) is 1. The summed E-state index contributed by atoms with van der Waals surface area (Å²) in [6.45, 7) is 0. The van der Waals surface area contributed by atoms with Crippen molar-refractivity contribution in [1.29, 1.82) is 0 Å². The molecule has 0 radical (unpaired) electrons. The van der Waals surface area contributed by atoms with E-state index in [0.717, 1.165) is 5.56 Å². The van der Waals surface area contributed by atoms with Crippen molar-refractivity contribution in [3.63, 3.8) is 0 Å². The molecule has 0 saturated carbocycles. The van der Waals surface area contributed by atoms with Crippen LogP contribution in [-0.4, -0.2) is 11.8 Å². The van der Waals surface area contributed by atoms with Gasteiger partial charge in [-0.15, -0.1) is 0 Å². The Labute approximate surface area is 109 Å². The minimum absolute atomic E-state index is 0.254. The van der Waals surface area contributed by atoms with E-state index < -0.39 is 11.3 Å². The fraction of sp³-hybridized carbons (Fsp3) is 0.143. The van der Waals surface area contributed by atoms with Gasteiger partial charge in [0.1, 0.15) is 5.41 Å². The number of halogens is 1. The van der Waals surface area contributed by atoms with Crippen LogP contribution < -0.4 is 5.32 Å². The fourth-order valence-electron chi connectivity index (χ4n) is 2.57. The SMILES string of the molecule is O=C1NC(=O)C2(c3ccc(Cl)cc3)C=CC=CC12. The molecule has 0 bridgehead atoms. The maximum absolute atomic E-state index is 12.2. The highest BCUT2D eigenvalue weighted by molar-refractivity contribution is 6.30. The van der Waals surface area contributed by atoms with E-state index in [0.29, 0.717) is 5.02 Å². The third-order valence-electron chi connectivity index (χ3n) is 3.48. The molecule has 2 aliphatic rings. The maximum Gasteiger partial charge on any atom is 0.242 e. The van der Waals surface area contributed by atoms with Gasteiger partial charge in [0.25, 0.3) is 0 Å². The predicted octanol–water partition coefficient (Wildman–Crippen LogP) is 1.98. The van der Waals surface area contributed by atoms with E-state index in [-0.39, 0.29) is 11.8 Å². The average molecular weight is 260 g/mol. The second kappa shape index (κ2) is 3.82. The number of nitrogens with one attached hydrogen (secondary N) is 1. The largest absolute Gasteiger partial charge is 0.295 e. The molecule has 1 heterocycles. The van der Waals surface area contributed by atoms with Crippen LogP contribution in [0, 0.1) is 5.92 Å². The maximum atomic E-state index is 12.2. The Kier molecular flexibility index (Phi) is 2.38. The van der Waals surface area contributed by atoms with Crippen molar-refractivity contribution in [3.8, 4) is 0 Å². The number of imide groups is 1. The van der Waals surface area contributed by atoms with E-state index in [9.17, 15) is 9.59 Å². The number of hydrogen-bond acceptors (Lipinski definition) is 2. The van der Waals surface area contributed by atoms with Gasteiger partial charge in [0.05, 0.1) is 5.92 Å². The Balaban J connectivity index is 2.19. The molecule has 0 spiro atoms. The highest BCUT2D eigenvalue weighted by Crippen LogP contribution is 2.41. The Hall–Kier alpha value is -1.87. The first-order valence-corrected chi connectivity index (χ1v) is 6.00. The summed E-state index contributed by atoms with van der Waals surface area (Å²) < 4.78 is 0. The summed E-state index contributed by atoms with van der Waals surface area (Å²) in [4.78, 5) is 24.0. The molecule has 2 amide bonds. The molecule has 1 aliphatic carbocycles. The van der Waals surface area contributed by atoms with Gasteiger partial charge >= 0.3 is 0 Å². The van der Waals surface area contributed by atoms with Crippen LogP contribution in [0.3, 0.4) is 0 Å². The smallest absolute Gasteiger partial charge is 0.242 e. The van der Waals surface area contributed by atoms with Crippen LogP contribution in [0.2, 0.25) is 5.02 Å². The number of fused-ring (bicyclic) bond motifs is 1. The molecular formula is C14H10ClNO2. The second-order valence-electron chi connectivity index (χ2n) is 4.42. The number of benzene rings is 1. The molecule has 1 fully saturated rings. The summed E-state index contributed by atoms with van der Waals surface area (Å²) >= 11 is 5.86. The van der Waals surface area contributed by atoms with E-state index in [4.69, 9.17) is 11.6 Å². The van der Waals surface area contributed by atoms with Gasteiger partial charge < -0.3 is 0 Å². The van der Waals surface area contributed by atoms with Gasteiger partial charge in [-0.25, -0.2) is 0 Å². The summed E-state index contributed by atoms with van der Waals surface area (Å²) in [7, 11) is 0. The lowest BCUT2D eigenvalue weighted by atomic mass is 9.69. The first-order chi connectivity index (χ1) is 8.64. The van der Waals surface area contributed by atoms with E-state index in [1.807, 2.05) is 0 Å². The van der Waals surface area contributed by atoms with Gasteiger partial charge in [-0.3, -0.25) is 14.9 Å². The van der Waals surface area contributed by atoms with Gasteiger partial charge in [0, 0.05) is 5.02 Å². The van der Waals surface area contributed by atoms with Gasteiger partial charge in [-0.1, -0.05) is 48.0 Å². The lowest BCUT2D eigenvalue weighted by molar-refractivity contribution is -0.126. The number of carbonyl (C=O) groups excluding carboxylic acids is 2. The van der Waals surface area contributed by atoms with Gasteiger partial charge in [0.2, 0.25) is 11.8 Å². The normalized spacial score (nSPS) is 29.3. The van der Waals surface area contributed by atoms with E-state index in [1.54, 1.807) is 48.6 Å². The molecule has 18 heavy (non-hydrogen) atoms. The first kappa shape index (κ1) is 11.2. The zero-order valence-corrected chi connectivity index (χ0v) is 10.1. The highest BCUT2D eigenvalue weighted by atomic mass is 35.5. The van der Waals surface area contributed by atoms with Crippen molar-refractivity contribution in [3.05, 3.63) is 59.2 Å². The molecule has 1 aromatic carbocycles. The number of allylic oxidation sites excluding steroid dienone is 2. The van der Waals surface area contributed by atoms with Gasteiger partial charge in [0.15, 0.2) is 0 Å². The molecule has 3 rings (SSSR count). The summed E-state index contributed by atoms with van der Waals surface area (Å²) in [5, 5.41) is 3.00. The molecule has 1 N–H and O–H groups in total. The fourth-order valence-corrected chi connectivity index (χ4v) is 2.70. The van der Waals surface area contributed by atoms with Crippen molar-refractivity contribution in [1.82, 2.24) is 5.32 Å². The quantitative estimate of drug-likeness (QED) is 0.784. The number of carbonyl (C=O) groups is 2. The zero-order chi connectivity index (χ0) is 12.8. The van der Waals surface area contributed by atoms with Crippen LogP contribution in [0.25, 0.3) is 0 Å². The van der Waals surface area contributed by atoms with Gasteiger partial charge in [-0.05, 0) is 17.7 Å². The van der Waals surface area contributed by atoms with Crippen LogP contribution in [0.4, 0.5) is 0 Å². The van der Waals surface area contributed by atoms with Crippen molar-refractivity contribution in [2.45, 2.75) is 5.41 Å². The van der Waals surface area contributed by atoms with Crippen molar-refractivity contribution < 1.29 is 9.59 Å². The Morgan fingerprint density at radius 2 is 1.83 bits per heavy atom. The summed E-state index contributed by atoms with van der Waals surface area (Å²) in [6, 6.07) is 7.03. The minimum atomic E-state index is -0.920. The van der Waals surface area contributed by atoms with Crippen LogP contribution in [-0.2, 0) is 15.0 Å². The average Bonchev–Trinajstić information content (AvgIpc) is 2.64. The zero-order valence-electron chi connectivity index (χ0n) is 9.39. The standard InChI is InChI=1S/C14H10ClNO2/c15-10-6-4-9(5-7-10)14-8-2-1-3-11(14)12(17)16-13(14)18/h1-8,11H,(H,16,17,18). The number of amides is 2. The highest BCUT2D eigenvalue weighted by Gasteiger charge is 2.54. The van der Waals surface area contributed by atoms with Crippen molar-refractivity contribution >= 4 is 23.4 Å². The molecule has 1 aliphatic heterocycles. The molecule has 1 aromatic rings. The van der Waals surface area contributed by atoms with Crippen LogP contribution in [0.15, 0.2) is 48.6 Å². The van der Waals surface area contributed by atoms with E-state index in [2.05, 4.69) is 5.32 Å². The first-order valence-electron chi connectivity index (χ1n) is 5.62. The van der Waals surface area contributed by atoms with Crippen LogP contribution in [0.1, 0.15) is 5.56 Å². The third-order valence-corrected chi connectivity index (χ3v) is 3.73. The molecule has 0 aromatic heterocycles. The lowest BCUT2D eigenvalue weighted by Gasteiger charge is -2.28. The molecule has 2 unspecified atom stereocenters. The summed E-state index contributed by atoms with van der Waals surface area (Å²) in [5.74, 6) is -1.01. The van der Waals surface area contributed by atoms with Crippen molar-refractivity contribution in [2.75, 3.05) is 0 Å². The van der Waals surface area contributed by atoms with Crippen LogP contribution >= 0.6 is 11.6 Å². The Morgan fingerprint density at radius 3 is 2.56 bits per heavy atom. The Bertz CT molecular complexity index is 588. The molecule has 1 saturated heterocycles. The molecular weight excluding hydrogens is 250 g/mol. The second-order valence-corrected chi connectivity index (χ2v) is 4.85. The monoisotopic (exact) mass is 259 g/mol.